The number of carbonyl (C=O) groups excluding carboxylic acids is 1. The van der Waals surface area contributed by atoms with E-state index in [1.807, 2.05) is 0 Å². The lowest BCUT2D eigenvalue weighted by Gasteiger charge is -2.08. The minimum atomic E-state index is -0.720. The van der Waals surface area contributed by atoms with Gasteiger partial charge in [0.1, 0.15) is 5.56 Å². The van der Waals surface area contributed by atoms with E-state index in [4.69, 9.17) is 23.2 Å². The second kappa shape index (κ2) is 5.71. The predicted molar refractivity (Wildman–Crippen MR) is 79.1 cm³/mol. The molecular weight excluding hydrogens is 319 g/mol. The van der Waals surface area contributed by atoms with E-state index in [1.54, 1.807) is 0 Å². The van der Waals surface area contributed by atoms with Gasteiger partial charge in [-0.05, 0) is 6.07 Å². The fourth-order valence-corrected chi connectivity index (χ4v) is 2.07. The smallest absolute Gasteiger partial charge is 0.305 e. The van der Waals surface area contributed by atoms with Crippen LogP contribution in [0, 0.1) is 0 Å². The molecule has 0 aliphatic heterocycles. The molecule has 0 spiro atoms. The Kier molecular flexibility index (Phi) is 4.15. The average Bonchev–Trinajstić information content (AvgIpc) is 2.43. The van der Waals surface area contributed by atoms with Crippen molar-refractivity contribution in [2.75, 3.05) is 5.32 Å². The van der Waals surface area contributed by atoms with Crippen molar-refractivity contribution >= 4 is 34.9 Å². The summed E-state index contributed by atoms with van der Waals surface area (Å²) in [6.07, 6.45) is 2.46. The Hall–Kier alpha value is -2.12. The van der Waals surface area contributed by atoms with E-state index >= 15 is 0 Å². The van der Waals surface area contributed by atoms with Gasteiger partial charge in [0.25, 0.3) is 11.5 Å². The van der Waals surface area contributed by atoms with E-state index in [1.165, 1.54) is 26.4 Å². The Morgan fingerprint density at radius 2 is 1.95 bits per heavy atom. The fourth-order valence-electron chi connectivity index (χ4n) is 1.65. The van der Waals surface area contributed by atoms with Gasteiger partial charge in [0, 0.05) is 26.5 Å². The number of nitrogens with zero attached hydrogens (tertiary/aromatic N) is 3. The molecule has 0 atom stereocenters. The average molecular weight is 329 g/mol. The molecule has 2 aromatic rings. The number of pyridine rings is 1. The van der Waals surface area contributed by atoms with Crippen molar-refractivity contribution in [1.82, 2.24) is 14.1 Å². The van der Waals surface area contributed by atoms with Crippen LogP contribution in [0.5, 0.6) is 0 Å². The number of rotatable bonds is 2. The molecule has 2 rings (SSSR count). The van der Waals surface area contributed by atoms with Gasteiger partial charge in [-0.15, -0.1) is 0 Å². The zero-order valence-corrected chi connectivity index (χ0v) is 12.6. The molecule has 0 fully saturated rings. The molecule has 0 saturated heterocycles. The monoisotopic (exact) mass is 328 g/mol. The molecule has 0 radical (unpaired) electrons. The largest absolute Gasteiger partial charge is 0.330 e. The first-order chi connectivity index (χ1) is 9.81. The SMILES string of the molecule is Cn1cc(C(=O)Nc2ncc(Cl)cc2Cl)c(=O)n(C)c1=O. The van der Waals surface area contributed by atoms with Crippen molar-refractivity contribution < 1.29 is 4.79 Å². The van der Waals surface area contributed by atoms with E-state index in [0.29, 0.717) is 5.02 Å². The normalized spacial score (nSPS) is 10.5. The molecule has 0 unspecified atom stereocenters. The van der Waals surface area contributed by atoms with Gasteiger partial charge >= 0.3 is 5.69 Å². The number of aromatic nitrogens is 3. The third-order valence-corrected chi connectivity index (χ3v) is 3.23. The molecule has 7 nitrogen and oxygen atoms in total. The molecule has 0 bridgehead atoms. The Bertz CT molecular complexity index is 841. The third-order valence-electron chi connectivity index (χ3n) is 2.73. The van der Waals surface area contributed by atoms with Crippen LogP contribution < -0.4 is 16.6 Å². The Labute approximate surface area is 128 Å². The molecule has 2 heterocycles. The topological polar surface area (TPSA) is 86.0 Å². The van der Waals surface area contributed by atoms with Gasteiger partial charge in [-0.25, -0.2) is 9.78 Å². The summed E-state index contributed by atoms with van der Waals surface area (Å²) >= 11 is 11.6. The molecule has 110 valence electrons. The van der Waals surface area contributed by atoms with Crippen LogP contribution in [0.4, 0.5) is 5.82 Å². The van der Waals surface area contributed by atoms with E-state index in [-0.39, 0.29) is 16.4 Å². The molecule has 2 aromatic heterocycles. The molecular formula is C12H10Cl2N4O3. The van der Waals surface area contributed by atoms with Crippen molar-refractivity contribution in [3.8, 4) is 0 Å². The summed E-state index contributed by atoms with van der Waals surface area (Å²) in [7, 11) is 2.72. The second-order valence-electron chi connectivity index (χ2n) is 4.24. The number of hydrogen-bond donors (Lipinski definition) is 1. The number of halogens is 2. The first-order valence-corrected chi connectivity index (χ1v) is 6.46. The minimum Gasteiger partial charge on any atom is -0.305 e. The third kappa shape index (κ3) is 2.98. The van der Waals surface area contributed by atoms with Gasteiger partial charge in [0.15, 0.2) is 5.82 Å². The number of nitrogens with one attached hydrogen (secondary N) is 1. The maximum Gasteiger partial charge on any atom is 0.330 e. The summed E-state index contributed by atoms with van der Waals surface area (Å²) in [5, 5.41) is 2.85. The highest BCUT2D eigenvalue weighted by Crippen LogP contribution is 2.22. The van der Waals surface area contributed by atoms with E-state index in [2.05, 4.69) is 10.3 Å². The summed E-state index contributed by atoms with van der Waals surface area (Å²) in [5.41, 5.74) is -1.44. The molecule has 1 amide bonds. The van der Waals surface area contributed by atoms with Gasteiger partial charge in [-0.3, -0.25) is 14.2 Å². The van der Waals surface area contributed by atoms with Crippen molar-refractivity contribution in [2.24, 2.45) is 14.1 Å². The Morgan fingerprint density at radius 3 is 2.57 bits per heavy atom. The fraction of sp³-hybridized carbons (Fsp3) is 0.167. The van der Waals surface area contributed by atoms with Crippen LogP contribution >= 0.6 is 23.2 Å². The highest BCUT2D eigenvalue weighted by Gasteiger charge is 2.16. The quantitative estimate of drug-likeness (QED) is 0.892. The van der Waals surface area contributed by atoms with Gasteiger partial charge in [0.05, 0.1) is 10.0 Å². The number of amides is 1. The molecule has 21 heavy (non-hydrogen) atoms. The van der Waals surface area contributed by atoms with Gasteiger partial charge in [0.2, 0.25) is 0 Å². The van der Waals surface area contributed by atoms with E-state index < -0.39 is 17.2 Å². The molecule has 1 N–H and O–H groups in total. The molecule has 9 heteroatoms. The predicted octanol–water partition coefficient (Wildman–Crippen LogP) is 1.04. The van der Waals surface area contributed by atoms with Crippen LogP contribution in [0.25, 0.3) is 0 Å². The molecule has 0 aromatic carbocycles. The number of carbonyl (C=O) groups is 1. The number of hydrogen-bond acceptors (Lipinski definition) is 4. The summed E-state index contributed by atoms with van der Waals surface area (Å²) in [6, 6.07) is 1.41. The van der Waals surface area contributed by atoms with E-state index in [0.717, 1.165) is 15.3 Å². The Morgan fingerprint density at radius 1 is 1.29 bits per heavy atom. The van der Waals surface area contributed by atoms with Gasteiger partial charge in [-0.1, -0.05) is 23.2 Å². The molecule has 0 saturated carbocycles. The lowest BCUT2D eigenvalue weighted by atomic mass is 10.3. The Balaban J connectivity index is 2.42. The van der Waals surface area contributed by atoms with Crippen LogP contribution in [0.15, 0.2) is 28.0 Å². The van der Waals surface area contributed by atoms with Crippen molar-refractivity contribution in [3.63, 3.8) is 0 Å². The van der Waals surface area contributed by atoms with Crippen LogP contribution in [0.3, 0.4) is 0 Å². The van der Waals surface area contributed by atoms with Crippen molar-refractivity contribution in [3.05, 3.63) is 54.9 Å². The van der Waals surface area contributed by atoms with E-state index in [9.17, 15) is 14.4 Å². The lowest BCUT2D eigenvalue weighted by molar-refractivity contribution is 0.102. The van der Waals surface area contributed by atoms with Crippen LogP contribution in [-0.4, -0.2) is 20.0 Å². The van der Waals surface area contributed by atoms with Crippen LogP contribution in [0.2, 0.25) is 10.0 Å². The second-order valence-corrected chi connectivity index (χ2v) is 5.08. The highest BCUT2D eigenvalue weighted by molar-refractivity contribution is 6.36. The molecule has 0 aliphatic carbocycles. The summed E-state index contributed by atoms with van der Waals surface area (Å²) in [5.74, 6) is -0.648. The minimum absolute atomic E-state index is 0.0713. The first-order valence-electron chi connectivity index (χ1n) is 5.70. The highest BCUT2D eigenvalue weighted by atomic mass is 35.5. The molecule has 0 aliphatic rings. The first kappa shape index (κ1) is 15.3. The van der Waals surface area contributed by atoms with Gasteiger partial charge < -0.3 is 9.88 Å². The summed E-state index contributed by atoms with van der Waals surface area (Å²) < 4.78 is 1.97. The van der Waals surface area contributed by atoms with Gasteiger partial charge in [-0.2, -0.15) is 0 Å². The zero-order chi connectivity index (χ0) is 15.7. The van der Waals surface area contributed by atoms with Crippen LogP contribution in [-0.2, 0) is 14.1 Å². The van der Waals surface area contributed by atoms with Crippen LogP contribution in [0.1, 0.15) is 10.4 Å². The lowest BCUT2D eigenvalue weighted by Crippen LogP contribution is -2.40. The maximum absolute atomic E-state index is 12.1. The zero-order valence-electron chi connectivity index (χ0n) is 11.1. The summed E-state index contributed by atoms with van der Waals surface area (Å²) in [6.45, 7) is 0. The summed E-state index contributed by atoms with van der Waals surface area (Å²) in [4.78, 5) is 39.5. The number of anilines is 1. The van der Waals surface area contributed by atoms with Crippen molar-refractivity contribution in [1.29, 1.82) is 0 Å². The van der Waals surface area contributed by atoms with Crippen molar-refractivity contribution in [2.45, 2.75) is 0 Å². The number of aryl methyl sites for hydroxylation is 1. The maximum atomic E-state index is 12.1. The standard InChI is InChI=1S/C12H10Cl2N4O3/c1-17-5-7(11(20)18(2)12(17)21)10(19)16-9-8(14)3-6(13)4-15-9/h3-5H,1-2H3,(H,15,16,19).